The predicted molar refractivity (Wildman–Crippen MR) is 79.9 cm³/mol. The largest absolute Gasteiger partial charge is 0.508 e. The van der Waals surface area contributed by atoms with E-state index < -0.39 is 0 Å². The molecule has 0 saturated heterocycles. The minimum absolute atomic E-state index is 0.337. The van der Waals surface area contributed by atoms with E-state index in [0.29, 0.717) is 11.7 Å². The van der Waals surface area contributed by atoms with Crippen LogP contribution in [0.2, 0.25) is 0 Å². The second-order valence-corrected chi connectivity index (χ2v) is 5.97. The van der Waals surface area contributed by atoms with Crippen molar-refractivity contribution < 1.29 is 9.67 Å². The lowest BCUT2D eigenvalue weighted by Crippen LogP contribution is -2.35. The highest BCUT2D eigenvalue weighted by molar-refractivity contribution is 5.35. The molecule has 1 heterocycles. The average molecular weight is 268 g/mol. The van der Waals surface area contributed by atoms with Crippen molar-refractivity contribution >= 4 is 0 Å². The summed E-state index contributed by atoms with van der Waals surface area (Å²) in [6.07, 6.45) is 8.13. The molecule has 0 unspecified atom stereocenters. The summed E-state index contributed by atoms with van der Waals surface area (Å²) in [6, 6.07) is 7.52. The van der Waals surface area contributed by atoms with E-state index in [2.05, 4.69) is 30.8 Å². The van der Waals surface area contributed by atoms with E-state index in [4.69, 9.17) is 0 Å². The van der Waals surface area contributed by atoms with Crippen LogP contribution in [0.3, 0.4) is 0 Å². The number of aryl methyl sites for hydroxylation is 3. The lowest BCUT2D eigenvalue weighted by Gasteiger charge is -2.06. The zero-order valence-corrected chi connectivity index (χ0v) is 12.3. The smallest absolute Gasteiger partial charge is 0.172 e. The standard InChI is InChI=1S/C18H21NO/c1-13-3-8-17-14(2)11-19(12-18(13)17)10-9-15-4-6-16(20)7-5-15/h4-7,11-13H,3,8-10H2,1-2H3/p+1/t13-/m0/s1. The molecule has 0 spiro atoms. The topological polar surface area (TPSA) is 24.1 Å². The summed E-state index contributed by atoms with van der Waals surface area (Å²) in [7, 11) is 0. The first-order chi connectivity index (χ1) is 9.63. The molecule has 2 nitrogen and oxygen atoms in total. The average Bonchev–Trinajstić information content (AvgIpc) is 2.81. The maximum Gasteiger partial charge on any atom is 0.172 e. The van der Waals surface area contributed by atoms with Gasteiger partial charge in [0.2, 0.25) is 0 Å². The summed E-state index contributed by atoms with van der Waals surface area (Å²) in [6.45, 7) is 5.55. The van der Waals surface area contributed by atoms with E-state index in [9.17, 15) is 5.11 Å². The van der Waals surface area contributed by atoms with Crippen LogP contribution in [-0.4, -0.2) is 5.11 Å². The molecule has 1 aromatic heterocycles. The molecule has 1 aliphatic carbocycles. The lowest BCUT2D eigenvalue weighted by atomic mass is 10.0. The Balaban J connectivity index is 1.77. The first-order valence-corrected chi connectivity index (χ1v) is 7.44. The SMILES string of the molecule is Cc1c[n+](CCc2ccc(O)cc2)cc2c1CC[C@@H]2C. The van der Waals surface area contributed by atoms with Gasteiger partial charge in [0.15, 0.2) is 18.9 Å². The number of rotatable bonds is 3. The molecule has 2 heteroatoms. The number of hydrogen-bond donors (Lipinski definition) is 1. The Morgan fingerprint density at radius 3 is 2.70 bits per heavy atom. The van der Waals surface area contributed by atoms with Gasteiger partial charge in [-0.15, -0.1) is 0 Å². The number of aromatic nitrogens is 1. The van der Waals surface area contributed by atoms with Gasteiger partial charge in [0.05, 0.1) is 0 Å². The van der Waals surface area contributed by atoms with E-state index in [0.717, 1.165) is 13.0 Å². The molecule has 20 heavy (non-hydrogen) atoms. The van der Waals surface area contributed by atoms with Gasteiger partial charge >= 0.3 is 0 Å². The quantitative estimate of drug-likeness (QED) is 0.849. The number of nitrogens with zero attached hydrogens (tertiary/aromatic N) is 1. The van der Waals surface area contributed by atoms with E-state index in [-0.39, 0.29) is 0 Å². The third-order valence-electron chi connectivity index (χ3n) is 4.44. The summed E-state index contributed by atoms with van der Waals surface area (Å²) < 4.78 is 2.32. The van der Waals surface area contributed by atoms with Crippen molar-refractivity contribution in [3.8, 4) is 5.75 Å². The Morgan fingerprint density at radius 1 is 1.20 bits per heavy atom. The number of phenolic OH excluding ortho intramolecular Hbond substituents is 1. The molecule has 0 radical (unpaired) electrons. The zero-order chi connectivity index (χ0) is 14.1. The first kappa shape index (κ1) is 13.2. The number of phenols is 1. The van der Waals surface area contributed by atoms with Gasteiger partial charge in [-0.25, -0.2) is 4.57 Å². The first-order valence-electron chi connectivity index (χ1n) is 7.44. The Morgan fingerprint density at radius 2 is 1.95 bits per heavy atom. The number of benzene rings is 1. The van der Waals surface area contributed by atoms with Crippen LogP contribution >= 0.6 is 0 Å². The molecule has 1 aliphatic rings. The Kier molecular flexibility index (Phi) is 3.47. The van der Waals surface area contributed by atoms with Crippen LogP contribution in [0.15, 0.2) is 36.7 Å². The van der Waals surface area contributed by atoms with Gasteiger partial charge < -0.3 is 5.11 Å². The summed E-state index contributed by atoms with van der Waals surface area (Å²) in [5.74, 6) is 1.04. The molecule has 0 fully saturated rings. The molecule has 0 saturated carbocycles. The van der Waals surface area contributed by atoms with Crippen molar-refractivity contribution in [3.05, 3.63) is 58.9 Å². The summed E-state index contributed by atoms with van der Waals surface area (Å²) in [5, 5.41) is 9.31. The minimum atomic E-state index is 0.337. The van der Waals surface area contributed by atoms with Crippen molar-refractivity contribution in [1.82, 2.24) is 0 Å². The molecule has 1 N–H and O–H groups in total. The summed E-state index contributed by atoms with van der Waals surface area (Å²) >= 11 is 0. The van der Waals surface area contributed by atoms with Crippen molar-refractivity contribution in [2.75, 3.05) is 0 Å². The Bertz CT molecular complexity index is 616. The van der Waals surface area contributed by atoms with Crippen LogP contribution in [0.5, 0.6) is 5.75 Å². The molecule has 0 bridgehead atoms. The highest BCUT2D eigenvalue weighted by Gasteiger charge is 2.24. The van der Waals surface area contributed by atoms with Crippen LogP contribution in [0, 0.1) is 6.92 Å². The molecular weight excluding hydrogens is 246 g/mol. The molecule has 2 aromatic rings. The van der Waals surface area contributed by atoms with Gasteiger partial charge in [-0.3, -0.25) is 0 Å². The van der Waals surface area contributed by atoms with E-state index in [1.54, 1.807) is 17.7 Å². The maximum atomic E-state index is 9.31. The minimum Gasteiger partial charge on any atom is -0.508 e. The van der Waals surface area contributed by atoms with E-state index in [1.165, 1.54) is 29.5 Å². The van der Waals surface area contributed by atoms with Gasteiger partial charge in [-0.2, -0.15) is 0 Å². The summed E-state index contributed by atoms with van der Waals surface area (Å²) in [5.41, 5.74) is 5.80. The van der Waals surface area contributed by atoms with Crippen molar-refractivity contribution in [1.29, 1.82) is 0 Å². The number of hydrogen-bond acceptors (Lipinski definition) is 1. The van der Waals surface area contributed by atoms with Crippen molar-refractivity contribution in [2.45, 2.75) is 45.6 Å². The molecule has 1 aromatic carbocycles. The molecular formula is C18H22NO+. The van der Waals surface area contributed by atoms with Crippen LogP contribution in [-0.2, 0) is 19.4 Å². The predicted octanol–water partition coefficient (Wildman–Crippen LogP) is 3.28. The molecule has 0 amide bonds. The van der Waals surface area contributed by atoms with Crippen LogP contribution in [0.25, 0.3) is 0 Å². The van der Waals surface area contributed by atoms with Gasteiger partial charge in [0.1, 0.15) is 5.75 Å². The third kappa shape index (κ3) is 2.55. The molecule has 104 valence electrons. The lowest BCUT2D eigenvalue weighted by molar-refractivity contribution is -0.697. The fraction of sp³-hybridized carbons (Fsp3) is 0.389. The molecule has 1 atom stereocenters. The van der Waals surface area contributed by atoms with Gasteiger partial charge in [0, 0.05) is 17.5 Å². The van der Waals surface area contributed by atoms with Gasteiger partial charge in [0.25, 0.3) is 0 Å². The maximum absolute atomic E-state index is 9.31. The van der Waals surface area contributed by atoms with Gasteiger partial charge in [-0.1, -0.05) is 19.1 Å². The number of fused-ring (bicyclic) bond motifs is 1. The van der Waals surface area contributed by atoms with E-state index in [1.807, 2.05) is 12.1 Å². The van der Waals surface area contributed by atoms with Crippen LogP contribution in [0.1, 0.15) is 41.5 Å². The summed E-state index contributed by atoms with van der Waals surface area (Å²) in [4.78, 5) is 0. The second-order valence-electron chi connectivity index (χ2n) is 5.97. The van der Waals surface area contributed by atoms with Gasteiger partial charge in [-0.05, 0) is 48.9 Å². The highest BCUT2D eigenvalue weighted by atomic mass is 16.3. The number of aromatic hydroxyl groups is 1. The molecule has 0 aliphatic heterocycles. The molecule has 3 rings (SSSR count). The highest BCUT2D eigenvalue weighted by Crippen LogP contribution is 2.33. The van der Waals surface area contributed by atoms with Crippen LogP contribution in [0.4, 0.5) is 0 Å². The van der Waals surface area contributed by atoms with E-state index >= 15 is 0 Å². The fourth-order valence-electron chi connectivity index (χ4n) is 3.18. The Hall–Kier alpha value is -1.83. The van der Waals surface area contributed by atoms with Crippen molar-refractivity contribution in [2.24, 2.45) is 0 Å². The zero-order valence-electron chi connectivity index (χ0n) is 12.3. The van der Waals surface area contributed by atoms with Crippen LogP contribution < -0.4 is 4.57 Å². The normalized spacial score (nSPS) is 17.2. The number of pyridine rings is 1. The third-order valence-corrected chi connectivity index (χ3v) is 4.44. The monoisotopic (exact) mass is 268 g/mol. The Labute approximate surface area is 120 Å². The fourth-order valence-corrected chi connectivity index (χ4v) is 3.18. The van der Waals surface area contributed by atoms with Crippen molar-refractivity contribution in [3.63, 3.8) is 0 Å². The second kappa shape index (κ2) is 5.28.